The number of fused-ring (bicyclic) bond motifs is 14. The van der Waals surface area contributed by atoms with E-state index < -0.39 is 23.3 Å². The van der Waals surface area contributed by atoms with E-state index >= 15 is 0 Å². The lowest BCUT2D eigenvalue weighted by Crippen LogP contribution is -2.66. The third kappa shape index (κ3) is 8.21. The van der Waals surface area contributed by atoms with Crippen molar-refractivity contribution >= 4 is 23.7 Å². The van der Waals surface area contributed by atoms with Gasteiger partial charge in [0.05, 0.1) is 16.5 Å². The summed E-state index contributed by atoms with van der Waals surface area (Å²) in [4.78, 5) is 49.6. The van der Waals surface area contributed by atoms with Crippen molar-refractivity contribution in [3.63, 3.8) is 0 Å². The molecule has 0 saturated heterocycles. The predicted molar refractivity (Wildman–Crippen MR) is 329 cm³/mol. The summed E-state index contributed by atoms with van der Waals surface area (Å²) in [7, 11) is 0. The van der Waals surface area contributed by atoms with Crippen LogP contribution in [0, 0.1) is 125 Å². The van der Waals surface area contributed by atoms with Gasteiger partial charge in [-0.05, 0) is 297 Å². The molecule has 7 heteroatoms. The molecule has 20 atom stereocenters. The third-order valence-electron chi connectivity index (χ3n) is 31.0. The van der Waals surface area contributed by atoms with Crippen molar-refractivity contribution in [1.82, 2.24) is 0 Å². The van der Waals surface area contributed by atoms with E-state index in [1.54, 1.807) is 18.2 Å². The highest BCUT2D eigenvalue weighted by molar-refractivity contribution is 5.88. The average molecular weight is 1120 g/mol. The minimum absolute atomic E-state index is 0.0559. The van der Waals surface area contributed by atoms with E-state index in [0.29, 0.717) is 110 Å². The second-order valence-corrected chi connectivity index (χ2v) is 34.1. The van der Waals surface area contributed by atoms with E-state index in [9.17, 15) is 34.5 Å². The topological polar surface area (TPSA) is 129 Å². The van der Waals surface area contributed by atoms with E-state index in [-0.39, 0.29) is 32.5 Å². The standard InChI is InChI=1S/C38H56O3.C37H54O4/c1-23(2)27-15-20-38(24(3)39)22-21-36(7)29(32(27)38)13-14-31-35(6)18-16-28(25-9-11-26(12-10-25)33(40)41)34(4,5)30(35)17-19-37(31,36)8;1-22(2)25-13-18-37(32(40)41)20-19-35(6)27(30(25)37)11-12-29-34(5)16-14-26(23-9-8-10-24(21-23)31(38)39)33(3,4)28(34)15-17-36(29,35)7/h9-12,23,27-32H,13-22H2,1-8H3,(H,40,41);8-10,21-22,25-30H,11-20H2,1-7H3,(H,38,39)(H,40,41)/t27-,28+,29+,30-,31+,32+,35-,36+,37+,38+;25?,26-,27-,28+,29-,30-,34+,35-,36-,37+/m01/s1. The van der Waals surface area contributed by atoms with Crippen LogP contribution >= 0.6 is 0 Å². The van der Waals surface area contributed by atoms with Crippen molar-refractivity contribution in [1.29, 1.82) is 0 Å². The van der Waals surface area contributed by atoms with Crippen molar-refractivity contribution < 1.29 is 34.5 Å². The zero-order valence-corrected chi connectivity index (χ0v) is 53.8. The van der Waals surface area contributed by atoms with Gasteiger partial charge in [-0.2, -0.15) is 0 Å². The van der Waals surface area contributed by atoms with Gasteiger partial charge in [-0.15, -0.1) is 0 Å². The fourth-order valence-electron chi connectivity index (χ4n) is 26.7. The Labute approximate surface area is 495 Å². The first-order valence-electron chi connectivity index (χ1n) is 33.7. The molecule has 0 bridgehead atoms. The first kappa shape index (κ1) is 60.2. The van der Waals surface area contributed by atoms with Crippen molar-refractivity contribution in [3.05, 3.63) is 70.8 Å². The molecule has 2 aromatic rings. The van der Waals surface area contributed by atoms with Crippen molar-refractivity contribution in [2.24, 2.45) is 125 Å². The molecule has 0 spiro atoms. The van der Waals surface area contributed by atoms with Gasteiger partial charge in [0.15, 0.2) is 0 Å². The first-order chi connectivity index (χ1) is 38.3. The molecule has 452 valence electrons. The SMILES string of the molecule is CC(=O)[C@]12CC[C@@H](C(C)C)[C@@H]1[C@H]1CC[C@@H]3[C@@]4(C)CC[C@H](c5ccc(C(=O)O)cc5)C(C)(C)[C@@H]4CC[C@@]3(C)[C@]1(C)CC2.CC(C)C1CC[C@]2(C(=O)O)CC[C@]3(C)[C@H](CC[C@@H]4[C@@]5(C)CC[C@H](c6cccc(C(=O)O)c6)C(C)(C)[C@@H]5CC[C@]43C)[C@@H]12. The number of carbonyl (C=O) groups is 4. The number of carboxylic acid groups (broad SMARTS) is 3. The summed E-state index contributed by atoms with van der Waals surface area (Å²) in [6.45, 7) is 37.3. The minimum atomic E-state index is -0.844. The lowest BCUT2D eigenvalue weighted by Gasteiger charge is -2.73. The van der Waals surface area contributed by atoms with Crippen LogP contribution < -0.4 is 0 Å². The molecule has 10 aliphatic carbocycles. The Bertz CT molecular complexity index is 2820. The summed E-state index contributed by atoms with van der Waals surface area (Å²) in [5, 5.41) is 29.7. The maximum Gasteiger partial charge on any atom is 0.335 e. The lowest BCUT2D eigenvalue weighted by atomic mass is 9.31. The number of carboxylic acids is 3. The Morgan fingerprint density at radius 3 is 1.30 bits per heavy atom. The quantitative estimate of drug-likeness (QED) is 0.240. The number of benzene rings is 2. The molecular weight excluding hydrogens is 1010 g/mol. The normalized spacial score (nSPS) is 46.6. The molecule has 0 amide bonds. The van der Waals surface area contributed by atoms with Gasteiger partial charge in [0.1, 0.15) is 5.78 Å². The van der Waals surface area contributed by atoms with E-state index in [0.717, 1.165) is 50.9 Å². The zero-order valence-electron chi connectivity index (χ0n) is 53.8. The number of aliphatic carboxylic acids is 1. The summed E-state index contributed by atoms with van der Waals surface area (Å²) in [5.41, 5.74) is 4.59. The molecule has 2 aromatic carbocycles. The average Bonchev–Trinajstić information content (AvgIpc) is 1.13. The summed E-state index contributed by atoms with van der Waals surface area (Å²) in [5.74, 6) is 6.26. The monoisotopic (exact) mass is 1120 g/mol. The largest absolute Gasteiger partial charge is 0.481 e. The number of hydrogen-bond acceptors (Lipinski definition) is 4. The molecule has 0 aromatic heterocycles. The number of aromatic carboxylic acids is 2. The van der Waals surface area contributed by atoms with Crippen molar-refractivity contribution in [3.8, 4) is 0 Å². The number of hydrogen-bond donors (Lipinski definition) is 3. The van der Waals surface area contributed by atoms with E-state index in [4.69, 9.17) is 0 Å². The Hall–Kier alpha value is -3.48. The minimum Gasteiger partial charge on any atom is -0.481 e. The first-order valence-corrected chi connectivity index (χ1v) is 33.7. The molecule has 0 radical (unpaired) electrons. The van der Waals surface area contributed by atoms with Crippen LogP contribution in [0.2, 0.25) is 0 Å². The molecule has 82 heavy (non-hydrogen) atoms. The van der Waals surface area contributed by atoms with Crippen LogP contribution in [0.5, 0.6) is 0 Å². The highest BCUT2D eigenvalue weighted by Crippen LogP contribution is 2.81. The number of Topliss-reactive ketones (excluding diaryl/α,β-unsaturated/α-hetero) is 1. The highest BCUT2D eigenvalue weighted by Gasteiger charge is 2.74. The Morgan fingerprint density at radius 2 is 0.866 bits per heavy atom. The van der Waals surface area contributed by atoms with Crippen molar-refractivity contribution in [2.45, 2.75) is 244 Å². The third-order valence-corrected chi connectivity index (χ3v) is 31.0. The van der Waals surface area contributed by atoms with Crippen LogP contribution in [0.4, 0.5) is 0 Å². The van der Waals surface area contributed by atoms with Gasteiger partial charge in [-0.3, -0.25) is 9.59 Å². The maximum absolute atomic E-state index is 13.4. The van der Waals surface area contributed by atoms with Gasteiger partial charge in [0.25, 0.3) is 0 Å². The van der Waals surface area contributed by atoms with Gasteiger partial charge < -0.3 is 15.3 Å². The molecule has 7 nitrogen and oxygen atoms in total. The lowest BCUT2D eigenvalue weighted by molar-refractivity contribution is -0.241. The smallest absolute Gasteiger partial charge is 0.335 e. The highest BCUT2D eigenvalue weighted by atomic mass is 16.4. The van der Waals surface area contributed by atoms with Gasteiger partial charge in [-0.1, -0.05) is 121 Å². The predicted octanol–water partition coefficient (Wildman–Crippen LogP) is 19.1. The molecular formula is C75H110O7. The number of rotatable bonds is 8. The second-order valence-electron chi connectivity index (χ2n) is 34.1. The van der Waals surface area contributed by atoms with Crippen LogP contribution in [0.25, 0.3) is 0 Å². The maximum atomic E-state index is 13.4. The molecule has 10 fully saturated rings. The van der Waals surface area contributed by atoms with Crippen LogP contribution in [0.15, 0.2) is 48.5 Å². The fourth-order valence-corrected chi connectivity index (χ4v) is 26.7. The zero-order chi connectivity index (χ0) is 59.5. The van der Waals surface area contributed by atoms with E-state index in [1.807, 2.05) is 19.1 Å². The van der Waals surface area contributed by atoms with Gasteiger partial charge in [-0.25, -0.2) is 9.59 Å². The Kier molecular flexibility index (Phi) is 14.7. The van der Waals surface area contributed by atoms with E-state index in [2.05, 4.69) is 115 Å². The molecule has 10 saturated carbocycles. The summed E-state index contributed by atoms with van der Waals surface area (Å²) in [6.07, 6.45) is 23.5. The van der Waals surface area contributed by atoms with Crippen LogP contribution in [0.1, 0.15) is 276 Å². The van der Waals surface area contributed by atoms with Crippen LogP contribution in [0.3, 0.4) is 0 Å². The molecule has 12 rings (SSSR count). The Morgan fingerprint density at radius 1 is 0.427 bits per heavy atom. The van der Waals surface area contributed by atoms with E-state index in [1.165, 1.54) is 94.6 Å². The Balaban J connectivity index is 0.000000172. The van der Waals surface area contributed by atoms with Gasteiger partial charge in [0, 0.05) is 5.41 Å². The molecule has 0 heterocycles. The summed E-state index contributed by atoms with van der Waals surface area (Å²) < 4.78 is 0. The van der Waals surface area contributed by atoms with Crippen LogP contribution in [-0.4, -0.2) is 39.0 Å². The van der Waals surface area contributed by atoms with Crippen LogP contribution in [-0.2, 0) is 9.59 Å². The molecule has 3 N–H and O–H groups in total. The molecule has 0 aliphatic heterocycles. The number of ketones is 1. The molecule has 10 aliphatic rings. The van der Waals surface area contributed by atoms with Crippen molar-refractivity contribution in [2.75, 3.05) is 0 Å². The summed E-state index contributed by atoms with van der Waals surface area (Å²) in [6, 6.07) is 15.5. The van der Waals surface area contributed by atoms with Gasteiger partial charge in [0.2, 0.25) is 0 Å². The van der Waals surface area contributed by atoms with Gasteiger partial charge >= 0.3 is 17.9 Å². The summed E-state index contributed by atoms with van der Waals surface area (Å²) >= 11 is 0. The number of carbonyl (C=O) groups excluding carboxylic acids is 1. The second kappa shape index (κ2) is 20.0. The molecule has 1 unspecified atom stereocenters. The fraction of sp³-hybridized carbons (Fsp3) is 0.787.